The van der Waals surface area contributed by atoms with Gasteiger partial charge in [-0.15, -0.1) is 0 Å². The number of aliphatic hydroxyl groups is 1. The van der Waals surface area contributed by atoms with Crippen LogP contribution in [0.3, 0.4) is 0 Å². The van der Waals surface area contributed by atoms with Gasteiger partial charge < -0.3 is 14.7 Å². The maximum atomic E-state index is 13.0. The Bertz CT molecular complexity index is 1050. The van der Waals surface area contributed by atoms with Gasteiger partial charge in [0.2, 0.25) is 0 Å². The van der Waals surface area contributed by atoms with Crippen molar-refractivity contribution >= 4 is 27.4 Å². The van der Waals surface area contributed by atoms with E-state index in [2.05, 4.69) is 20.9 Å². The molecule has 146 valence electrons. The second kappa shape index (κ2) is 8.09. The number of hydrogen-bond acceptors (Lipinski definition) is 4. The topological polar surface area (TPSA) is 62.7 Å². The molecule has 5 nitrogen and oxygen atoms in total. The number of rotatable bonds is 5. The van der Waals surface area contributed by atoms with Crippen LogP contribution in [0.5, 0.6) is 5.75 Å². The highest BCUT2D eigenvalue weighted by atomic mass is 79.9. The van der Waals surface area contributed by atoms with Crippen LogP contribution in [-0.2, 0) is 11.3 Å². The van der Waals surface area contributed by atoms with Crippen LogP contribution in [0.25, 0.3) is 5.57 Å². The summed E-state index contributed by atoms with van der Waals surface area (Å²) < 4.78 is 6.19. The number of methoxy groups -OCH3 is 1. The summed E-state index contributed by atoms with van der Waals surface area (Å²) >= 11 is 3.46. The number of carbonyl (C=O) groups is 1. The van der Waals surface area contributed by atoms with Gasteiger partial charge >= 0.3 is 0 Å². The Morgan fingerprint density at radius 1 is 1.03 bits per heavy atom. The van der Waals surface area contributed by atoms with E-state index in [4.69, 9.17) is 4.74 Å². The molecule has 1 aliphatic rings. The zero-order valence-electron chi connectivity index (χ0n) is 15.7. The molecule has 0 fully saturated rings. The normalized spacial score (nSPS) is 16.4. The van der Waals surface area contributed by atoms with Gasteiger partial charge in [-0.05, 0) is 53.1 Å². The van der Waals surface area contributed by atoms with Gasteiger partial charge in [-0.1, -0.05) is 40.2 Å². The number of halogens is 1. The lowest BCUT2D eigenvalue weighted by molar-refractivity contribution is -0.130. The van der Waals surface area contributed by atoms with Gasteiger partial charge in [-0.2, -0.15) is 0 Å². The predicted molar refractivity (Wildman–Crippen MR) is 114 cm³/mol. The number of pyridine rings is 1. The predicted octanol–water partition coefficient (Wildman–Crippen LogP) is 4.91. The summed E-state index contributed by atoms with van der Waals surface area (Å²) in [5.74, 6) is 0.102. The fourth-order valence-corrected chi connectivity index (χ4v) is 3.82. The SMILES string of the molecule is COc1ccc(C2=C(O)C(=O)N(Cc3ccncc3)[C@H]2c2ccc(Br)cc2)cc1. The average Bonchev–Trinajstić information content (AvgIpc) is 3.00. The van der Waals surface area contributed by atoms with Gasteiger partial charge in [-0.25, -0.2) is 0 Å². The van der Waals surface area contributed by atoms with Crippen LogP contribution in [0.2, 0.25) is 0 Å². The summed E-state index contributed by atoms with van der Waals surface area (Å²) in [6.45, 7) is 0.367. The average molecular weight is 451 g/mol. The van der Waals surface area contributed by atoms with Crippen molar-refractivity contribution in [3.8, 4) is 5.75 Å². The van der Waals surface area contributed by atoms with Crippen LogP contribution < -0.4 is 4.74 Å². The molecule has 0 unspecified atom stereocenters. The molecule has 6 heteroatoms. The highest BCUT2D eigenvalue weighted by Gasteiger charge is 2.40. The number of hydrogen-bond donors (Lipinski definition) is 1. The molecule has 0 saturated heterocycles. The van der Waals surface area contributed by atoms with Crippen molar-refractivity contribution in [3.63, 3.8) is 0 Å². The molecule has 0 bridgehead atoms. The number of amides is 1. The standard InChI is InChI=1S/C23H19BrN2O3/c1-29-19-8-4-16(5-9-19)20-21(17-2-6-18(24)7-3-17)26(23(28)22(20)27)14-15-10-12-25-13-11-15/h2-13,21,27H,14H2,1H3/t21-/m0/s1. The molecule has 4 rings (SSSR count). The monoisotopic (exact) mass is 450 g/mol. The lowest BCUT2D eigenvalue weighted by Gasteiger charge is -2.27. The van der Waals surface area contributed by atoms with Crippen molar-refractivity contribution < 1.29 is 14.6 Å². The number of carbonyl (C=O) groups excluding carboxylic acids is 1. The number of aromatic nitrogens is 1. The highest BCUT2D eigenvalue weighted by molar-refractivity contribution is 9.10. The Labute approximate surface area is 177 Å². The Morgan fingerprint density at radius 3 is 2.31 bits per heavy atom. The molecular formula is C23H19BrN2O3. The van der Waals surface area contributed by atoms with E-state index < -0.39 is 6.04 Å². The number of benzene rings is 2. The first-order valence-corrected chi connectivity index (χ1v) is 9.90. The van der Waals surface area contributed by atoms with Gasteiger partial charge in [0.25, 0.3) is 5.91 Å². The van der Waals surface area contributed by atoms with E-state index in [0.29, 0.717) is 17.9 Å². The van der Waals surface area contributed by atoms with Crippen molar-refractivity contribution in [1.29, 1.82) is 0 Å². The second-order valence-corrected chi connectivity index (χ2v) is 7.65. The molecule has 1 N–H and O–H groups in total. The number of ether oxygens (including phenoxy) is 1. The van der Waals surface area contributed by atoms with Crippen molar-refractivity contribution in [2.24, 2.45) is 0 Å². The molecule has 1 aromatic heterocycles. The third-order valence-electron chi connectivity index (χ3n) is 4.99. The van der Waals surface area contributed by atoms with E-state index >= 15 is 0 Å². The van der Waals surface area contributed by atoms with Crippen LogP contribution in [0.1, 0.15) is 22.7 Å². The van der Waals surface area contributed by atoms with Crippen LogP contribution >= 0.6 is 15.9 Å². The number of nitrogens with zero attached hydrogens (tertiary/aromatic N) is 2. The molecule has 0 radical (unpaired) electrons. The minimum absolute atomic E-state index is 0.225. The van der Waals surface area contributed by atoms with E-state index in [1.807, 2.05) is 60.7 Å². The highest BCUT2D eigenvalue weighted by Crippen LogP contribution is 2.44. The van der Waals surface area contributed by atoms with Gasteiger partial charge in [0.05, 0.1) is 13.2 Å². The summed E-state index contributed by atoms with van der Waals surface area (Å²) in [5, 5.41) is 10.8. The maximum Gasteiger partial charge on any atom is 0.290 e. The smallest absolute Gasteiger partial charge is 0.290 e. The van der Waals surface area contributed by atoms with Gasteiger partial charge in [-0.3, -0.25) is 9.78 Å². The van der Waals surface area contributed by atoms with Crippen LogP contribution in [0, 0.1) is 0 Å². The van der Waals surface area contributed by atoms with Crippen molar-refractivity contribution in [1.82, 2.24) is 9.88 Å². The quantitative estimate of drug-likeness (QED) is 0.599. The lowest BCUT2D eigenvalue weighted by Crippen LogP contribution is -2.29. The molecule has 2 aromatic carbocycles. The maximum absolute atomic E-state index is 13.0. The zero-order valence-corrected chi connectivity index (χ0v) is 17.3. The molecular weight excluding hydrogens is 432 g/mol. The molecule has 0 aliphatic carbocycles. The van der Waals surface area contributed by atoms with Crippen molar-refractivity contribution in [2.45, 2.75) is 12.6 Å². The molecule has 1 amide bonds. The van der Waals surface area contributed by atoms with Crippen LogP contribution in [-0.4, -0.2) is 28.0 Å². The van der Waals surface area contributed by atoms with Crippen LogP contribution in [0.4, 0.5) is 0 Å². The van der Waals surface area contributed by atoms with E-state index in [1.165, 1.54) is 0 Å². The third kappa shape index (κ3) is 3.76. The van der Waals surface area contributed by atoms with Crippen LogP contribution in [0.15, 0.2) is 83.3 Å². The molecule has 2 heterocycles. The summed E-state index contributed by atoms with van der Waals surface area (Å²) in [5.41, 5.74) is 3.24. The van der Waals surface area contributed by atoms with Gasteiger partial charge in [0.15, 0.2) is 5.76 Å². The summed E-state index contributed by atoms with van der Waals surface area (Å²) in [7, 11) is 1.60. The van der Waals surface area contributed by atoms with E-state index in [0.717, 1.165) is 21.2 Å². The summed E-state index contributed by atoms with van der Waals surface area (Å²) in [6.07, 6.45) is 3.39. The van der Waals surface area contributed by atoms with E-state index in [1.54, 1.807) is 24.4 Å². The molecule has 1 atom stereocenters. The van der Waals surface area contributed by atoms with Gasteiger partial charge in [0.1, 0.15) is 5.75 Å². The minimum atomic E-state index is -0.405. The van der Waals surface area contributed by atoms with Gasteiger partial charge in [0, 0.05) is 29.0 Å². The second-order valence-electron chi connectivity index (χ2n) is 6.73. The molecule has 3 aromatic rings. The fraction of sp³-hybridized carbons (Fsp3) is 0.130. The first-order chi connectivity index (χ1) is 14.1. The summed E-state index contributed by atoms with van der Waals surface area (Å²) in [4.78, 5) is 18.8. The Hall–Kier alpha value is -3.12. The zero-order chi connectivity index (χ0) is 20.4. The Balaban J connectivity index is 1.80. The Morgan fingerprint density at radius 2 is 1.69 bits per heavy atom. The number of aliphatic hydroxyl groups excluding tert-OH is 1. The van der Waals surface area contributed by atoms with Crippen molar-refractivity contribution in [3.05, 3.63) is 100.0 Å². The summed E-state index contributed by atoms with van der Waals surface area (Å²) in [6, 6.07) is 18.5. The largest absolute Gasteiger partial charge is 0.503 e. The van der Waals surface area contributed by atoms with E-state index in [9.17, 15) is 9.90 Å². The molecule has 1 aliphatic heterocycles. The lowest BCUT2D eigenvalue weighted by atomic mass is 9.93. The first-order valence-electron chi connectivity index (χ1n) is 9.11. The first kappa shape index (κ1) is 19.2. The Kier molecular flexibility index (Phi) is 5.36. The molecule has 29 heavy (non-hydrogen) atoms. The fourth-order valence-electron chi connectivity index (χ4n) is 3.56. The molecule has 0 saturated carbocycles. The van der Waals surface area contributed by atoms with E-state index in [-0.39, 0.29) is 11.7 Å². The minimum Gasteiger partial charge on any atom is -0.503 e. The molecule has 0 spiro atoms. The van der Waals surface area contributed by atoms with Crippen molar-refractivity contribution in [2.75, 3.05) is 7.11 Å². The third-order valence-corrected chi connectivity index (χ3v) is 5.52.